The summed E-state index contributed by atoms with van der Waals surface area (Å²) in [6, 6.07) is 15.5. The molecule has 0 saturated heterocycles. The molecule has 3 heteroatoms. The first-order chi connectivity index (χ1) is 7.45. The van der Waals surface area contributed by atoms with Crippen molar-refractivity contribution in [2.45, 2.75) is 0 Å². The number of rotatable bonds is 3. The van der Waals surface area contributed by atoms with Gasteiger partial charge in [-0.2, -0.15) is 0 Å². The van der Waals surface area contributed by atoms with Crippen LogP contribution in [-0.4, -0.2) is 4.98 Å². The largest absolute Gasteiger partial charge is 3.00 e. The maximum absolute atomic E-state index is 4.15. The molecule has 0 fully saturated rings. The van der Waals surface area contributed by atoms with E-state index in [-0.39, 0.29) is 31.9 Å². The van der Waals surface area contributed by atoms with Crippen molar-refractivity contribution in [2.24, 2.45) is 0 Å². The van der Waals surface area contributed by atoms with Crippen molar-refractivity contribution in [1.29, 1.82) is 0 Å². The van der Waals surface area contributed by atoms with Gasteiger partial charge in [0.05, 0.1) is 0 Å². The summed E-state index contributed by atoms with van der Waals surface area (Å²) in [6.45, 7) is 0. The Balaban J connectivity index is 0. The van der Waals surface area contributed by atoms with Crippen LogP contribution in [0.5, 0.6) is 0 Å². The standard InChI is InChI=1S/C13H10N2.2CH3.Fe/c1-2-6-12(7-3-1)9-11-15-13-8-4-5-10-14-13;;;/h1-8,10-11H;2*1H3;/q3*-1;+3. The molecular formula is C15H16FeN2. The minimum Gasteiger partial charge on any atom is -0.443 e. The molecule has 2 nitrogen and oxygen atoms in total. The van der Waals surface area contributed by atoms with Gasteiger partial charge < -0.3 is 25.2 Å². The molecule has 18 heavy (non-hydrogen) atoms. The van der Waals surface area contributed by atoms with Gasteiger partial charge in [0.2, 0.25) is 0 Å². The molecule has 0 unspecified atom stereocenters. The quantitative estimate of drug-likeness (QED) is 0.606. The van der Waals surface area contributed by atoms with Crippen LogP contribution in [0.15, 0.2) is 60.9 Å². The molecule has 0 aliphatic heterocycles. The third-order valence-electron chi connectivity index (χ3n) is 1.85. The fourth-order valence-electron chi connectivity index (χ4n) is 1.14. The van der Waals surface area contributed by atoms with Crippen molar-refractivity contribution in [3.63, 3.8) is 0 Å². The van der Waals surface area contributed by atoms with E-state index in [0.29, 0.717) is 5.82 Å². The summed E-state index contributed by atoms with van der Waals surface area (Å²) in [6.07, 6.45) is 6.42. The average molecular weight is 280 g/mol. The van der Waals surface area contributed by atoms with Gasteiger partial charge >= 0.3 is 17.1 Å². The fourth-order valence-corrected chi connectivity index (χ4v) is 1.14. The fraction of sp³-hybridized carbons (Fsp3) is 0. The van der Waals surface area contributed by atoms with Crippen LogP contribution >= 0.6 is 0 Å². The summed E-state index contributed by atoms with van der Waals surface area (Å²) < 4.78 is 0. The number of hydrogen-bond acceptors (Lipinski definition) is 1. The van der Waals surface area contributed by atoms with Gasteiger partial charge in [-0.15, -0.1) is 0 Å². The molecule has 0 aliphatic carbocycles. The maximum Gasteiger partial charge on any atom is 3.00 e. The van der Waals surface area contributed by atoms with E-state index in [1.54, 1.807) is 12.4 Å². The van der Waals surface area contributed by atoms with Gasteiger partial charge in [-0.1, -0.05) is 66.7 Å². The average Bonchev–Trinajstić information content (AvgIpc) is 2.32. The number of benzene rings is 1. The zero-order valence-electron chi connectivity index (χ0n) is 10.5. The van der Waals surface area contributed by atoms with Crippen LogP contribution in [-0.2, 0) is 17.1 Å². The molecule has 0 spiro atoms. The van der Waals surface area contributed by atoms with Crippen molar-refractivity contribution in [3.8, 4) is 0 Å². The molecule has 0 bridgehead atoms. The molecule has 94 valence electrons. The SMILES string of the molecule is [CH3-].[CH3-].[C](=C[N-]c1ccccn1)c1ccccc1.[Fe+3]. The van der Waals surface area contributed by atoms with E-state index in [2.05, 4.69) is 16.4 Å². The Kier molecular flexibility index (Phi) is 11.0. The van der Waals surface area contributed by atoms with Gasteiger partial charge in [0.1, 0.15) is 0 Å². The van der Waals surface area contributed by atoms with Gasteiger partial charge in [-0.05, 0) is 11.6 Å². The molecule has 0 saturated carbocycles. The molecule has 2 rings (SSSR count). The normalized spacial score (nSPS) is 8.67. The van der Waals surface area contributed by atoms with E-state index in [1.165, 1.54) is 0 Å². The van der Waals surface area contributed by atoms with E-state index in [9.17, 15) is 0 Å². The van der Waals surface area contributed by atoms with E-state index in [4.69, 9.17) is 0 Å². The Bertz CT molecular complexity index is 427. The summed E-state index contributed by atoms with van der Waals surface area (Å²) in [4.78, 5) is 4.07. The number of nitrogens with zero attached hydrogens (tertiary/aromatic N) is 2. The van der Waals surface area contributed by atoms with E-state index < -0.39 is 0 Å². The third-order valence-corrected chi connectivity index (χ3v) is 1.85. The van der Waals surface area contributed by atoms with Crippen LogP contribution in [0.3, 0.4) is 0 Å². The Hall–Kier alpha value is -1.57. The molecule has 1 heterocycles. The van der Waals surface area contributed by atoms with Crippen molar-refractivity contribution in [3.05, 3.63) is 92.7 Å². The van der Waals surface area contributed by atoms with E-state index >= 15 is 0 Å². The molecule has 0 N–H and O–H groups in total. The zero-order valence-corrected chi connectivity index (χ0v) is 11.6. The van der Waals surface area contributed by atoms with Gasteiger partial charge in [0.25, 0.3) is 0 Å². The first-order valence-electron chi connectivity index (χ1n) is 4.70. The Morgan fingerprint density at radius 2 is 1.61 bits per heavy atom. The van der Waals surface area contributed by atoms with Gasteiger partial charge in [-0.25, -0.2) is 0 Å². The monoisotopic (exact) mass is 280 g/mol. The second-order valence-electron chi connectivity index (χ2n) is 2.96. The van der Waals surface area contributed by atoms with E-state index in [1.807, 2.05) is 48.5 Å². The topological polar surface area (TPSA) is 27.0 Å². The summed E-state index contributed by atoms with van der Waals surface area (Å²) in [5.74, 6) is 0.695. The zero-order chi connectivity index (χ0) is 10.3. The van der Waals surface area contributed by atoms with Crippen LogP contribution in [0.1, 0.15) is 5.56 Å². The Morgan fingerprint density at radius 1 is 0.944 bits per heavy atom. The third kappa shape index (κ3) is 6.24. The van der Waals surface area contributed by atoms with Gasteiger partial charge in [-0.3, -0.25) is 0 Å². The predicted octanol–water partition coefficient (Wildman–Crippen LogP) is 4.35. The van der Waals surface area contributed by atoms with Crippen molar-refractivity contribution in [1.82, 2.24) is 4.98 Å². The minimum atomic E-state index is 0. The first kappa shape index (κ1) is 18.8. The predicted molar refractivity (Wildman–Crippen MR) is 73.4 cm³/mol. The van der Waals surface area contributed by atoms with Crippen molar-refractivity contribution < 1.29 is 17.1 Å². The molecular weight excluding hydrogens is 264 g/mol. The molecule has 1 aromatic heterocycles. The summed E-state index contributed by atoms with van der Waals surface area (Å²) >= 11 is 0. The second-order valence-corrected chi connectivity index (χ2v) is 2.96. The Labute approximate surface area is 121 Å². The molecule has 0 atom stereocenters. The smallest absolute Gasteiger partial charge is 0.443 e. The van der Waals surface area contributed by atoms with Crippen LogP contribution in [0.2, 0.25) is 0 Å². The van der Waals surface area contributed by atoms with Crippen LogP contribution in [0.25, 0.3) is 5.32 Å². The molecule has 2 aromatic rings. The van der Waals surface area contributed by atoms with Gasteiger partial charge in [0, 0.05) is 0 Å². The summed E-state index contributed by atoms with van der Waals surface area (Å²) in [5, 5.41) is 4.15. The van der Waals surface area contributed by atoms with Crippen LogP contribution < -0.4 is 0 Å². The molecule has 2 radical (unpaired) electrons. The number of pyridine rings is 1. The van der Waals surface area contributed by atoms with E-state index in [0.717, 1.165) is 5.56 Å². The summed E-state index contributed by atoms with van der Waals surface area (Å²) in [5.41, 5.74) is 1.01. The number of aromatic nitrogens is 1. The second kappa shape index (κ2) is 10.6. The van der Waals surface area contributed by atoms with Crippen LogP contribution in [0.4, 0.5) is 5.82 Å². The van der Waals surface area contributed by atoms with Crippen molar-refractivity contribution in [2.75, 3.05) is 0 Å². The van der Waals surface area contributed by atoms with Crippen LogP contribution in [0, 0.1) is 20.9 Å². The maximum atomic E-state index is 4.15. The van der Waals surface area contributed by atoms with Crippen molar-refractivity contribution >= 4 is 5.82 Å². The first-order valence-corrected chi connectivity index (χ1v) is 4.70. The number of hydrogen-bond donors (Lipinski definition) is 0. The van der Waals surface area contributed by atoms with Gasteiger partial charge in [0.15, 0.2) is 0 Å². The molecule has 0 amide bonds. The molecule has 1 aromatic carbocycles. The molecule has 0 aliphatic rings. The summed E-state index contributed by atoms with van der Waals surface area (Å²) in [7, 11) is 0. The minimum absolute atomic E-state index is 0. The Morgan fingerprint density at radius 3 is 2.22 bits per heavy atom.